The third-order valence-electron chi connectivity index (χ3n) is 4.35. The van der Waals surface area contributed by atoms with Gasteiger partial charge in [0.05, 0.1) is 5.69 Å². The summed E-state index contributed by atoms with van der Waals surface area (Å²) in [6, 6.07) is 7.97. The van der Waals surface area contributed by atoms with Crippen LogP contribution in [0.4, 0.5) is 5.69 Å². The fraction of sp³-hybridized carbons (Fsp3) is 0.316. The fourth-order valence-corrected chi connectivity index (χ4v) is 3.67. The SMILES string of the molecule is Cc1cc2nc(C)c(CCC(=O)Nc3ccc(I)cc3C)c(C)n2n1. The van der Waals surface area contributed by atoms with Gasteiger partial charge in [-0.3, -0.25) is 4.79 Å². The minimum absolute atomic E-state index is 0.0138. The van der Waals surface area contributed by atoms with E-state index in [1.54, 1.807) is 0 Å². The molecule has 3 rings (SSSR count). The second kappa shape index (κ2) is 7.11. The van der Waals surface area contributed by atoms with Crippen LogP contribution in [0.25, 0.3) is 5.65 Å². The number of hydrogen-bond donors (Lipinski definition) is 1. The van der Waals surface area contributed by atoms with Crippen molar-refractivity contribution in [2.45, 2.75) is 40.5 Å². The average Bonchev–Trinajstić information content (AvgIpc) is 2.90. The molecule has 3 aromatic rings. The topological polar surface area (TPSA) is 59.3 Å². The monoisotopic (exact) mass is 448 g/mol. The maximum Gasteiger partial charge on any atom is 0.224 e. The van der Waals surface area contributed by atoms with Crippen LogP contribution in [0, 0.1) is 31.3 Å². The summed E-state index contributed by atoms with van der Waals surface area (Å²) in [5, 5.41) is 7.48. The molecule has 0 saturated heterocycles. The molecule has 0 aliphatic heterocycles. The lowest BCUT2D eigenvalue weighted by atomic mass is 10.1. The van der Waals surface area contributed by atoms with Crippen molar-refractivity contribution in [3.05, 3.63) is 56.0 Å². The summed E-state index contributed by atoms with van der Waals surface area (Å²) in [6.45, 7) is 7.99. The van der Waals surface area contributed by atoms with Gasteiger partial charge in [-0.2, -0.15) is 5.10 Å². The van der Waals surface area contributed by atoms with Gasteiger partial charge in [0.15, 0.2) is 5.65 Å². The number of nitrogens with zero attached hydrogens (tertiary/aromatic N) is 3. The Labute approximate surface area is 161 Å². The van der Waals surface area contributed by atoms with Gasteiger partial charge in [0.1, 0.15) is 0 Å². The summed E-state index contributed by atoms with van der Waals surface area (Å²) in [4.78, 5) is 17.0. The molecule has 130 valence electrons. The Bertz CT molecular complexity index is 962. The van der Waals surface area contributed by atoms with Crippen molar-refractivity contribution in [1.29, 1.82) is 0 Å². The number of fused-ring (bicyclic) bond motifs is 1. The van der Waals surface area contributed by atoms with Crippen LogP contribution in [-0.2, 0) is 11.2 Å². The van der Waals surface area contributed by atoms with E-state index >= 15 is 0 Å². The van der Waals surface area contributed by atoms with Gasteiger partial charge in [-0.1, -0.05) is 0 Å². The third-order valence-corrected chi connectivity index (χ3v) is 5.02. The molecule has 1 N–H and O–H groups in total. The number of hydrogen-bond acceptors (Lipinski definition) is 3. The molecule has 0 saturated carbocycles. The molecular weight excluding hydrogens is 427 g/mol. The van der Waals surface area contributed by atoms with Gasteiger partial charge >= 0.3 is 0 Å². The molecule has 0 atom stereocenters. The highest BCUT2D eigenvalue weighted by Crippen LogP contribution is 2.20. The minimum atomic E-state index is 0.0138. The number of benzene rings is 1. The summed E-state index contributed by atoms with van der Waals surface area (Å²) in [5.41, 5.74) is 6.84. The zero-order valence-electron chi connectivity index (χ0n) is 14.9. The zero-order valence-corrected chi connectivity index (χ0v) is 17.0. The van der Waals surface area contributed by atoms with Crippen LogP contribution in [0.3, 0.4) is 0 Å². The Morgan fingerprint density at radius 3 is 2.68 bits per heavy atom. The van der Waals surface area contributed by atoms with Crippen molar-refractivity contribution >= 4 is 39.8 Å². The molecule has 0 unspecified atom stereocenters. The highest BCUT2D eigenvalue weighted by atomic mass is 127. The van der Waals surface area contributed by atoms with Gasteiger partial charge in [0.25, 0.3) is 0 Å². The van der Waals surface area contributed by atoms with Crippen LogP contribution in [0.15, 0.2) is 24.3 Å². The van der Waals surface area contributed by atoms with Gasteiger partial charge in [0, 0.05) is 33.1 Å². The lowest BCUT2D eigenvalue weighted by Crippen LogP contribution is -2.15. The van der Waals surface area contributed by atoms with Gasteiger partial charge in [0.2, 0.25) is 5.91 Å². The van der Waals surface area contributed by atoms with E-state index in [2.05, 4.69) is 44.1 Å². The molecule has 2 heterocycles. The van der Waals surface area contributed by atoms with Crippen LogP contribution in [-0.4, -0.2) is 20.5 Å². The van der Waals surface area contributed by atoms with Crippen molar-refractivity contribution < 1.29 is 4.79 Å². The summed E-state index contributed by atoms with van der Waals surface area (Å²) in [6.07, 6.45) is 1.06. The number of carbonyl (C=O) groups excluding carboxylic acids is 1. The minimum Gasteiger partial charge on any atom is -0.326 e. The smallest absolute Gasteiger partial charge is 0.224 e. The summed E-state index contributed by atoms with van der Waals surface area (Å²) < 4.78 is 3.02. The highest BCUT2D eigenvalue weighted by Gasteiger charge is 2.13. The van der Waals surface area contributed by atoms with Gasteiger partial charge in [-0.15, -0.1) is 0 Å². The number of aromatic nitrogens is 3. The molecule has 0 aliphatic carbocycles. The Morgan fingerprint density at radius 1 is 1.20 bits per heavy atom. The van der Waals surface area contributed by atoms with Crippen LogP contribution >= 0.6 is 22.6 Å². The van der Waals surface area contributed by atoms with Crippen LogP contribution in [0.5, 0.6) is 0 Å². The van der Waals surface area contributed by atoms with E-state index in [1.807, 2.05) is 50.4 Å². The van der Waals surface area contributed by atoms with E-state index in [0.717, 1.165) is 43.1 Å². The maximum atomic E-state index is 12.4. The van der Waals surface area contributed by atoms with Crippen LogP contribution in [0.2, 0.25) is 0 Å². The van der Waals surface area contributed by atoms with E-state index in [1.165, 1.54) is 0 Å². The largest absolute Gasteiger partial charge is 0.326 e. The van der Waals surface area contributed by atoms with E-state index < -0.39 is 0 Å². The van der Waals surface area contributed by atoms with Gasteiger partial charge in [-0.25, -0.2) is 9.50 Å². The number of nitrogens with one attached hydrogen (secondary N) is 1. The Balaban J connectivity index is 1.74. The number of rotatable bonds is 4. The van der Waals surface area contributed by atoms with Gasteiger partial charge < -0.3 is 5.32 Å². The van der Waals surface area contributed by atoms with Crippen molar-refractivity contribution in [2.75, 3.05) is 5.32 Å². The predicted octanol–water partition coefficient (Wildman–Crippen LogP) is 4.14. The number of aryl methyl sites for hydroxylation is 4. The van der Waals surface area contributed by atoms with E-state index in [-0.39, 0.29) is 5.91 Å². The Kier molecular flexibility index (Phi) is 5.08. The number of halogens is 1. The van der Waals surface area contributed by atoms with E-state index in [9.17, 15) is 4.79 Å². The van der Waals surface area contributed by atoms with Crippen molar-refractivity contribution in [3.8, 4) is 0 Å². The molecule has 0 aliphatic rings. The predicted molar refractivity (Wildman–Crippen MR) is 108 cm³/mol. The highest BCUT2D eigenvalue weighted by molar-refractivity contribution is 14.1. The van der Waals surface area contributed by atoms with E-state index in [0.29, 0.717) is 12.8 Å². The standard InChI is InChI=1S/C19H21IN4O/c1-11-9-15(20)5-7-17(11)22-19(25)8-6-16-13(3)21-18-10-12(2)23-24(18)14(16)4/h5,7,9-10H,6,8H2,1-4H3,(H,22,25). The first-order chi connectivity index (χ1) is 11.8. The molecule has 0 radical (unpaired) electrons. The van der Waals surface area contributed by atoms with Crippen molar-refractivity contribution in [2.24, 2.45) is 0 Å². The van der Waals surface area contributed by atoms with Crippen molar-refractivity contribution in [1.82, 2.24) is 14.6 Å². The first kappa shape index (κ1) is 17.8. The molecule has 5 nitrogen and oxygen atoms in total. The van der Waals surface area contributed by atoms with Crippen LogP contribution in [0.1, 0.15) is 34.6 Å². The number of amides is 1. The van der Waals surface area contributed by atoms with Gasteiger partial charge in [-0.05, 0) is 86.0 Å². The maximum absolute atomic E-state index is 12.4. The lowest BCUT2D eigenvalue weighted by Gasteiger charge is -2.12. The number of carbonyl (C=O) groups is 1. The summed E-state index contributed by atoms with van der Waals surface area (Å²) >= 11 is 2.27. The quantitative estimate of drug-likeness (QED) is 0.611. The summed E-state index contributed by atoms with van der Waals surface area (Å²) in [5.74, 6) is 0.0138. The van der Waals surface area contributed by atoms with E-state index in [4.69, 9.17) is 0 Å². The second-order valence-corrected chi connectivity index (χ2v) is 7.57. The molecule has 1 aromatic carbocycles. The normalized spacial score (nSPS) is 11.1. The summed E-state index contributed by atoms with van der Waals surface area (Å²) in [7, 11) is 0. The third kappa shape index (κ3) is 3.84. The number of anilines is 1. The zero-order chi connectivity index (χ0) is 18.1. The molecular formula is C19H21IN4O. The molecule has 0 fully saturated rings. The Morgan fingerprint density at radius 2 is 1.96 bits per heavy atom. The fourth-order valence-electron chi connectivity index (χ4n) is 3.02. The second-order valence-electron chi connectivity index (χ2n) is 6.32. The molecule has 25 heavy (non-hydrogen) atoms. The lowest BCUT2D eigenvalue weighted by molar-refractivity contribution is -0.116. The molecule has 0 spiro atoms. The Hall–Kier alpha value is -1.96. The first-order valence-corrected chi connectivity index (χ1v) is 9.31. The molecule has 2 aromatic heterocycles. The average molecular weight is 448 g/mol. The molecule has 6 heteroatoms. The van der Waals surface area contributed by atoms with Crippen molar-refractivity contribution in [3.63, 3.8) is 0 Å². The molecule has 0 bridgehead atoms. The van der Waals surface area contributed by atoms with Crippen LogP contribution < -0.4 is 5.32 Å². The molecule has 1 amide bonds. The first-order valence-electron chi connectivity index (χ1n) is 8.23.